The lowest BCUT2D eigenvalue weighted by Gasteiger charge is -2.44. The molecule has 0 radical (unpaired) electrons. The van der Waals surface area contributed by atoms with Crippen molar-refractivity contribution in [1.29, 1.82) is 0 Å². The molecular formula is C20H27BrN2O2. The molecule has 0 aromatic heterocycles. The lowest BCUT2D eigenvalue weighted by atomic mass is 9.85. The van der Waals surface area contributed by atoms with E-state index in [1.54, 1.807) is 0 Å². The number of hydrogen-bond acceptors (Lipinski definition) is 3. The summed E-state index contributed by atoms with van der Waals surface area (Å²) in [7, 11) is 0. The average Bonchev–Trinajstić information content (AvgIpc) is 2.79. The molecule has 2 bridgehead atoms. The number of aryl methyl sites for hydroxylation is 1. The summed E-state index contributed by atoms with van der Waals surface area (Å²) in [6.07, 6.45) is 3.07. The van der Waals surface area contributed by atoms with Crippen LogP contribution in [0.5, 0.6) is 0 Å². The molecule has 4 aliphatic rings. The van der Waals surface area contributed by atoms with Crippen LogP contribution in [0.1, 0.15) is 49.4 Å². The Morgan fingerprint density at radius 2 is 2.04 bits per heavy atom. The lowest BCUT2D eigenvalue weighted by Crippen LogP contribution is -2.53. The second-order valence-electron chi connectivity index (χ2n) is 8.62. The molecule has 5 heteroatoms. The molecule has 5 rings (SSSR count). The monoisotopic (exact) mass is 406 g/mol. The molecule has 3 heterocycles. The first-order valence-electron chi connectivity index (χ1n) is 9.32. The molecular weight excluding hydrogens is 380 g/mol. The second kappa shape index (κ2) is 6.27. The minimum atomic E-state index is -0.259. The van der Waals surface area contributed by atoms with Crippen molar-refractivity contribution in [3.63, 3.8) is 0 Å². The van der Waals surface area contributed by atoms with Gasteiger partial charge in [-0.25, -0.2) is 4.79 Å². The van der Waals surface area contributed by atoms with Crippen molar-refractivity contribution in [2.24, 2.45) is 11.3 Å². The van der Waals surface area contributed by atoms with Crippen molar-refractivity contribution in [2.75, 3.05) is 19.6 Å². The molecule has 3 aliphatic heterocycles. The maximum Gasteiger partial charge on any atom is 0.407 e. The molecule has 0 unspecified atom stereocenters. The molecule has 0 spiro atoms. The van der Waals surface area contributed by atoms with E-state index in [0.29, 0.717) is 5.92 Å². The minimum absolute atomic E-state index is 0.00267. The first-order valence-corrected chi connectivity index (χ1v) is 10.1. The number of rotatable bonds is 2. The number of fused-ring (bicyclic) bond motifs is 4. The topological polar surface area (TPSA) is 41.6 Å². The van der Waals surface area contributed by atoms with Gasteiger partial charge in [0.1, 0.15) is 6.10 Å². The number of piperidine rings is 3. The highest BCUT2D eigenvalue weighted by atomic mass is 79.9. The van der Waals surface area contributed by atoms with E-state index in [-0.39, 0.29) is 23.7 Å². The molecule has 1 N–H and O–H groups in total. The Labute approximate surface area is 158 Å². The third-order valence-corrected chi connectivity index (χ3v) is 7.13. The number of hydrogen-bond donors (Lipinski definition) is 1. The van der Waals surface area contributed by atoms with Crippen LogP contribution in [0.3, 0.4) is 0 Å². The summed E-state index contributed by atoms with van der Waals surface area (Å²) < 4.78 is 6.99. The summed E-state index contributed by atoms with van der Waals surface area (Å²) in [6, 6.07) is 4.41. The smallest absolute Gasteiger partial charge is 0.407 e. The SMILES string of the molecule is Cc1cc2c(cc1Br)CC(C)(C)[C@H]2NC(=O)O[C@@H]1CN2CCC1CC2. The van der Waals surface area contributed by atoms with E-state index in [0.717, 1.165) is 43.4 Å². The number of amides is 1. The Kier molecular flexibility index (Phi) is 4.35. The highest BCUT2D eigenvalue weighted by molar-refractivity contribution is 9.10. The number of carbonyl (C=O) groups excluding carboxylic acids is 1. The van der Waals surface area contributed by atoms with Gasteiger partial charge in [0, 0.05) is 11.0 Å². The van der Waals surface area contributed by atoms with Crippen molar-refractivity contribution >= 4 is 22.0 Å². The van der Waals surface area contributed by atoms with Gasteiger partial charge in [-0.05, 0) is 73.4 Å². The second-order valence-corrected chi connectivity index (χ2v) is 9.48. The number of nitrogens with one attached hydrogen (secondary N) is 1. The van der Waals surface area contributed by atoms with E-state index in [2.05, 4.69) is 59.1 Å². The van der Waals surface area contributed by atoms with Gasteiger partial charge in [0.15, 0.2) is 0 Å². The Hall–Kier alpha value is -1.07. The van der Waals surface area contributed by atoms with Gasteiger partial charge in [-0.15, -0.1) is 0 Å². The summed E-state index contributed by atoms with van der Waals surface area (Å²) >= 11 is 3.62. The Balaban J connectivity index is 1.48. The molecule has 0 saturated carbocycles. The molecule has 1 aromatic carbocycles. The summed E-state index contributed by atoms with van der Waals surface area (Å²) in [5.74, 6) is 0.540. The molecule has 1 aliphatic carbocycles. The van der Waals surface area contributed by atoms with Gasteiger partial charge < -0.3 is 10.1 Å². The summed E-state index contributed by atoms with van der Waals surface area (Å²) in [5.41, 5.74) is 3.74. The molecule has 136 valence electrons. The Morgan fingerprint density at radius 1 is 1.32 bits per heavy atom. The van der Waals surface area contributed by atoms with Crippen LogP contribution in [0.2, 0.25) is 0 Å². The largest absolute Gasteiger partial charge is 0.445 e. The first kappa shape index (κ1) is 17.3. The van der Waals surface area contributed by atoms with Gasteiger partial charge in [-0.1, -0.05) is 35.8 Å². The molecule has 1 amide bonds. The van der Waals surface area contributed by atoms with Crippen LogP contribution in [0.4, 0.5) is 4.79 Å². The van der Waals surface area contributed by atoms with Crippen molar-refractivity contribution in [3.8, 4) is 0 Å². The fourth-order valence-corrected chi connectivity index (χ4v) is 5.18. The normalized spacial score (nSPS) is 32.3. The zero-order chi connectivity index (χ0) is 17.8. The molecule has 4 nitrogen and oxygen atoms in total. The summed E-state index contributed by atoms with van der Waals surface area (Å²) in [4.78, 5) is 15.0. The minimum Gasteiger partial charge on any atom is -0.445 e. The molecule has 3 saturated heterocycles. The number of nitrogens with zero attached hydrogens (tertiary/aromatic N) is 1. The molecule has 1 aromatic rings. The first-order chi connectivity index (χ1) is 11.8. The van der Waals surface area contributed by atoms with Crippen LogP contribution < -0.4 is 5.32 Å². The lowest BCUT2D eigenvalue weighted by molar-refractivity contribution is -0.0348. The number of alkyl carbamates (subject to hydrolysis) is 1. The Morgan fingerprint density at radius 3 is 2.68 bits per heavy atom. The molecule has 3 fully saturated rings. The summed E-state index contributed by atoms with van der Waals surface area (Å²) in [5, 5.41) is 3.18. The maximum absolute atomic E-state index is 12.6. The van der Waals surface area contributed by atoms with Gasteiger partial charge >= 0.3 is 6.09 Å². The Bertz CT molecular complexity index is 695. The molecule has 2 atom stereocenters. The number of benzene rings is 1. The van der Waals surface area contributed by atoms with Crippen LogP contribution in [0.25, 0.3) is 0 Å². The van der Waals surface area contributed by atoms with E-state index < -0.39 is 0 Å². The van der Waals surface area contributed by atoms with Gasteiger partial charge in [0.25, 0.3) is 0 Å². The van der Waals surface area contributed by atoms with Crippen molar-refractivity contribution in [3.05, 3.63) is 33.3 Å². The van der Waals surface area contributed by atoms with Crippen molar-refractivity contribution in [2.45, 2.75) is 52.2 Å². The van der Waals surface area contributed by atoms with Crippen LogP contribution in [0, 0.1) is 18.3 Å². The van der Waals surface area contributed by atoms with Crippen LogP contribution in [-0.2, 0) is 11.2 Å². The van der Waals surface area contributed by atoms with Gasteiger partial charge in [-0.3, -0.25) is 4.90 Å². The van der Waals surface area contributed by atoms with Gasteiger partial charge in [0.05, 0.1) is 6.04 Å². The predicted molar refractivity (Wildman–Crippen MR) is 102 cm³/mol. The zero-order valence-corrected chi connectivity index (χ0v) is 16.9. The van der Waals surface area contributed by atoms with E-state index >= 15 is 0 Å². The van der Waals surface area contributed by atoms with Gasteiger partial charge in [-0.2, -0.15) is 0 Å². The maximum atomic E-state index is 12.6. The highest BCUT2D eigenvalue weighted by Gasteiger charge is 2.42. The van der Waals surface area contributed by atoms with Crippen molar-refractivity contribution < 1.29 is 9.53 Å². The van der Waals surface area contributed by atoms with Crippen LogP contribution in [-0.4, -0.2) is 36.7 Å². The van der Waals surface area contributed by atoms with Crippen LogP contribution in [0.15, 0.2) is 16.6 Å². The van der Waals surface area contributed by atoms with Crippen molar-refractivity contribution in [1.82, 2.24) is 10.2 Å². The predicted octanol–water partition coefficient (Wildman–Crippen LogP) is 4.20. The number of carbonyl (C=O) groups is 1. The zero-order valence-electron chi connectivity index (χ0n) is 15.3. The highest BCUT2D eigenvalue weighted by Crippen LogP contribution is 2.46. The number of ether oxygens (including phenoxy) is 1. The third-order valence-electron chi connectivity index (χ3n) is 6.28. The fraction of sp³-hybridized carbons (Fsp3) is 0.650. The third kappa shape index (κ3) is 3.21. The quantitative estimate of drug-likeness (QED) is 0.799. The fourth-order valence-electron chi connectivity index (χ4n) is 4.79. The van der Waals surface area contributed by atoms with Crippen LogP contribution >= 0.6 is 15.9 Å². The van der Waals surface area contributed by atoms with E-state index in [1.807, 2.05) is 0 Å². The van der Waals surface area contributed by atoms with E-state index in [1.165, 1.54) is 16.7 Å². The van der Waals surface area contributed by atoms with E-state index in [4.69, 9.17) is 4.74 Å². The summed E-state index contributed by atoms with van der Waals surface area (Å²) in [6.45, 7) is 9.74. The standard InChI is InChI=1S/C20H27BrN2O2/c1-12-8-15-14(9-16(12)21)10-20(2,3)18(15)22-19(24)25-17-11-23-6-4-13(17)5-7-23/h8-9,13,17-18H,4-7,10-11H2,1-3H3,(H,22,24)/t17-,18+/m1/s1. The molecule has 25 heavy (non-hydrogen) atoms. The average molecular weight is 407 g/mol. The number of halogens is 1. The van der Waals surface area contributed by atoms with Gasteiger partial charge in [0.2, 0.25) is 0 Å². The van der Waals surface area contributed by atoms with E-state index in [9.17, 15) is 4.79 Å².